The number of aromatic nitrogens is 3. The van der Waals surface area contributed by atoms with Crippen molar-refractivity contribution in [3.8, 4) is 11.6 Å². The number of pyridine rings is 1. The van der Waals surface area contributed by atoms with E-state index >= 15 is 0 Å². The molecule has 2 amide bonds. The normalized spacial score (nSPS) is 12.3. The number of fused-ring (bicyclic) bond motifs is 1. The van der Waals surface area contributed by atoms with Crippen LogP contribution in [0.2, 0.25) is 0 Å². The molecule has 1 N–H and O–H groups in total. The topological polar surface area (TPSA) is 146 Å². The monoisotopic (exact) mass is 555 g/mol. The molecule has 0 atom stereocenters. The molecule has 0 spiro atoms. The Bertz CT molecular complexity index is 1600. The first-order chi connectivity index (χ1) is 18.2. The lowest BCUT2D eigenvalue weighted by atomic mass is 10.2. The Kier molecular flexibility index (Phi) is 7.13. The highest BCUT2D eigenvalue weighted by Gasteiger charge is 2.30. The highest BCUT2D eigenvalue weighted by molar-refractivity contribution is 7.90. The zero-order valence-corrected chi connectivity index (χ0v) is 23.1. The summed E-state index contributed by atoms with van der Waals surface area (Å²) < 4.78 is 44.6. The van der Waals surface area contributed by atoms with Gasteiger partial charge >= 0.3 is 12.2 Å². The lowest BCUT2D eigenvalue weighted by molar-refractivity contribution is 0.0424. The summed E-state index contributed by atoms with van der Waals surface area (Å²) in [6.45, 7) is 10.0. The van der Waals surface area contributed by atoms with Crippen LogP contribution in [0.4, 0.5) is 15.4 Å². The molecule has 3 aromatic heterocycles. The van der Waals surface area contributed by atoms with E-state index in [0.29, 0.717) is 0 Å². The van der Waals surface area contributed by atoms with Gasteiger partial charge in [-0.2, -0.15) is 5.01 Å². The van der Waals surface area contributed by atoms with Crippen molar-refractivity contribution in [2.24, 2.45) is 0 Å². The van der Waals surface area contributed by atoms with E-state index in [1.807, 2.05) is 0 Å². The predicted molar refractivity (Wildman–Crippen MR) is 142 cm³/mol. The van der Waals surface area contributed by atoms with Gasteiger partial charge in [0.15, 0.2) is 5.82 Å². The summed E-state index contributed by atoms with van der Waals surface area (Å²) >= 11 is 0. The number of hydrogen-bond donors (Lipinski definition) is 1. The molecule has 0 aliphatic rings. The van der Waals surface area contributed by atoms with E-state index in [1.54, 1.807) is 59.7 Å². The molecule has 206 valence electrons. The Balaban J connectivity index is 1.86. The summed E-state index contributed by atoms with van der Waals surface area (Å²) in [7, 11) is -4.11. The van der Waals surface area contributed by atoms with Gasteiger partial charge in [-0.05, 0) is 71.9 Å². The SMILES string of the molecule is CC(C)(C)OC(=O)NN(C(=O)OC(C)(C)C)c1ccc2c(cc(-c3ncco3)n2S(=O)(=O)c2ccccc2)n1. The molecule has 0 aliphatic carbocycles. The van der Waals surface area contributed by atoms with Gasteiger partial charge in [0.1, 0.15) is 23.2 Å². The second-order valence-corrected chi connectivity index (χ2v) is 12.2. The third-order valence-electron chi connectivity index (χ3n) is 4.94. The maximum absolute atomic E-state index is 13.7. The number of nitrogens with one attached hydrogen (secondary N) is 1. The van der Waals surface area contributed by atoms with Crippen LogP contribution in [-0.2, 0) is 19.5 Å². The zero-order chi connectivity index (χ0) is 28.6. The van der Waals surface area contributed by atoms with Gasteiger partial charge in [0, 0.05) is 0 Å². The van der Waals surface area contributed by atoms with Gasteiger partial charge < -0.3 is 13.9 Å². The average Bonchev–Trinajstić information content (AvgIpc) is 3.48. The van der Waals surface area contributed by atoms with Crippen molar-refractivity contribution >= 4 is 39.1 Å². The van der Waals surface area contributed by atoms with Gasteiger partial charge in [-0.3, -0.25) is 0 Å². The minimum Gasteiger partial charge on any atom is -0.443 e. The number of carbonyl (C=O) groups excluding carboxylic acids is 2. The van der Waals surface area contributed by atoms with Gasteiger partial charge in [0.05, 0.1) is 22.1 Å². The van der Waals surface area contributed by atoms with Crippen LogP contribution in [0.1, 0.15) is 41.5 Å². The number of hydrazine groups is 1. The second kappa shape index (κ2) is 10.1. The van der Waals surface area contributed by atoms with Crippen LogP contribution in [0, 0.1) is 0 Å². The minimum atomic E-state index is -4.11. The summed E-state index contributed by atoms with van der Waals surface area (Å²) in [5.74, 6) is 0.000701. The Morgan fingerprint density at radius 2 is 1.64 bits per heavy atom. The lowest BCUT2D eigenvalue weighted by Gasteiger charge is -2.28. The number of carbonyl (C=O) groups is 2. The quantitative estimate of drug-likeness (QED) is 0.339. The van der Waals surface area contributed by atoms with E-state index in [-0.39, 0.29) is 33.3 Å². The van der Waals surface area contributed by atoms with Crippen molar-refractivity contribution < 1.29 is 31.9 Å². The Morgan fingerprint density at radius 3 is 2.23 bits per heavy atom. The van der Waals surface area contributed by atoms with Gasteiger partial charge in [0.25, 0.3) is 10.0 Å². The number of ether oxygens (including phenoxy) is 2. The van der Waals surface area contributed by atoms with Crippen LogP contribution in [0.25, 0.3) is 22.6 Å². The summed E-state index contributed by atoms with van der Waals surface area (Å²) in [4.78, 5) is 34.3. The Hall–Kier alpha value is -4.39. The van der Waals surface area contributed by atoms with Gasteiger partial charge in [-0.1, -0.05) is 18.2 Å². The molecule has 0 aliphatic heterocycles. The van der Waals surface area contributed by atoms with Crippen LogP contribution in [0.3, 0.4) is 0 Å². The van der Waals surface area contributed by atoms with Crippen molar-refractivity contribution in [1.29, 1.82) is 0 Å². The summed E-state index contributed by atoms with van der Waals surface area (Å²) in [6, 6.07) is 12.2. The maximum Gasteiger partial charge on any atom is 0.435 e. The highest BCUT2D eigenvalue weighted by Crippen LogP contribution is 2.32. The first-order valence-electron chi connectivity index (χ1n) is 11.9. The molecule has 0 fully saturated rings. The van der Waals surface area contributed by atoms with E-state index in [1.165, 1.54) is 42.8 Å². The van der Waals surface area contributed by atoms with Gasteiger partial charge in [-0.25, -0.2) is 37.4 Å². The molecular weight excluding hydrogens is 526 g/mol. The molecule has 0 unspecified atom stereocenters. The molecule has 39 heavy (non-hydrogen) atoms. The van der Waals surface area contributed by atoms with Crippen molar-refractivity contribution in [3.05, 3.63) is 61.0 Å². The third-order valence-corrected chi connectivity index (χ3v) is 6.68. The molecular formula is C26H29N5O7S. The lowest BCUT2D eigenvalue weighted by Crippen LogP contribution is -2.50. The Labute approximate surface area is 225 Å². The van der Waals surface area contributed by atoms with E-state index in [9.17, 15) is 18.0 Å². The molecule has 12 nitrogen and oxygen atoms in total. The zero-order valence-electron chi connectivity index (χ0n) is 22.3. The van der Waals surface area contributed by atoms with Gasteiger partial charge in [-0.15, -0.1) is 0 Å². The van der Waals surface area contributed by atoms with Crippen LogP contribution in [0.15, 0.2) is 70.3 Å². The van der Waals surface area contributed by atoms with Crippen molar-refractivity contribution in [3.63, 3.8) is 0 Å². The number of amides is 2. The predicted octanol–water partition coefficient (Wildman–Crippen LogP) is 5.11. The van der Waals surface area contributed by atoms with Crippen molar-refractivity contribution in [2.45, 2.75) is 57.6 Å². The molecule has 13 heteroatoms. The fraction of sp³-hybridized carbons (Fsp3) is 0.308. The van der Waals surface area contributed by atoms with E-state index < -0.39 is 33.4 Å². The van der Waals surface area contributed by atoms with Crippen LogP contribution in [0.5, 0.6) is 0 Å². The molecule has 3 heterocycles. The highest BCUT2D eigenvalue weighted by atomic mass is 32.2. The number of nitrogens with zero attached hydrogens (tertiary/aromatic N) is 4. The van der Waals surface area contributed by atoms with E-state index in [0.717, 1.165) is 8.98 Å². The smallest absolute Gasteiger partial charge is 0.435 e. The number of anilines is 1. The van der Waals surface area contributed by atoms with Crippen molar-refractivity contribution in [2.75, 3.05) is 5.01 Å². The van der Waals surface area contributed by atoms with Crippen LogP contribution in [-0.4, -0.2) is 45.7 Å². The molecule has 0 radical (unpaired) electrons. The molecule has 4 aromatic rings. The largest absolute Gasteiger partial charge is 0.443 e. The van der Waals surface area contributed by atoms with E-state index in [2.05, 4.69) is 15.4 Å². The number of hydrogen-bond acceptors (Lipinski definition) is 9. The fourth-order valence-electron chi connectivity index (χ4n) is 3.53. The third kappa shape index (κ3) is 6.20. The Morgan fingerprint density at radius 1 is 0.974 bits per heavy atom. The molecule has 4 rings (SSSR count). The fourth-order valence-corrected chi connectivity index (χ4v) is 5.04. The van der Waals surface area contributed by atoms with Crippen molar-refractivity contribution in [1.82, 2.24) is 19.4 Å². The standard InChI is InChI=1S/C26H29N5O7S/c1-25(2,3)37-23(32)29-30(24(33)38-26(4,5)6)21-13-12-19-18(28-21)16-20(22-27-14-15-36-22)31(19)39(34,35)17-10-8-7-9-11-17/h7-16H,1-6H3,(H,29,32). The first kappa shape index (κ1) is 27.6. The summed E-state index contributed by atoms with van der Waals surface area (Å²) in [5.41, 5.74) is 1.12. The number of rotatable bonds is 4. The summed E-state index contributed by atoms with van der Waals surface area (Å²) in [6.07, 6.45) is 0.866. The second-order valence-electron chi connectivity index (χ2n) is 10.5. The van der Waals surface area contributed by atoms with E-state index in [4.69, 9.17) is 13.9 Å². The number of oxazole rings is 1. The number of benzene rings is 1. The molecule has 0 saturated carbocycles. The van der Waals surface area contributed by atoms with Crippen LogP contribution < -0.4 is 10.4 Å². The van der Waals surface area contributed by atoms with Crippen LogP contribution >= 0.6 is 0 Å². The maximum atomic E-state index is 13.7. The average molecular weight is 556 g/mol. The molecule has 0 bridgehead atoms. The molecule has 1 aromatic carbocycles. The molecule has 0 saturated heterocycles. The minimum absolute atomic E-state index is 0.0429. The van der Waals surface area contributed by atoms with Gasteiger partial charge in [0.2, 0.25) is 5.89 Å². The summed E-state index contributed by atoms with van der Waals surface area (Å²) in [5, 5.41) is 0.798. The first-order valence-corrected chi connectivity index (χ1v) is 13.4.